The van der Waals surface area contributed by atoms with Crippen LogP contribution in [-0.2, 0) is 6.18 Å². The van der Waals surface area contributed by atoms with Crippen LogP contribution in [0.25, 0.3) is 10.8 Å². The molecule has 1 atom stereocenters. The molecule has 5 nitrogen and oxygen atoms in total. The van der Waals surface area contributed by atoms with E-state index in [2.05, 4.69) is 46.3 Å². The second kappa shape index (κ2) is 8.13. The van der Waals surface area contributed by atoms with Crippen LogP contribution >= 0.6 is 0 Å². The highest BCUT2D eigenvalue weighted by molar-refractivity contribution is 5.95. The summed E-state index contributed by atoms with van der Waals surface area (Å²) in [4.78, 5) is 4.47. The average molecular weight is 462 g/mol. The zero-order valence-corrected chi connectivity index (χ0v) is 19.3. The van der Waals surface area contributed by atoms with Gasteiger partial charge in [-0.15, -0.1) is 5.10 Å². The monoisotopic (exact) mass is 461 g/mol. The molecule has 33 heavy (non-hydrogen) atoms. The predicted molar refractivity (Wildman–Crippen MR) is 122 cm³/mol. The first-order valence-corrected chi connectivity index (χ1v) is 10.7. The predicted octanol–water partition coefficient (Wildman–Crippen LogP) is 5.41. The van der Waals surface area contributed by atoms with Gasteiger partial charge in [0.25, 0.3) is 0 Å². The quantitative estimate of drug-likeness (QED) is 0.515. The summed E-state index contributed by atoms with van der Waals surface area (Å²) in [5.74, 6) is -0.878. The lowest BCUT2D eigenvalue weighted by atomic mass is 9.90. The fourth-order valence-corrected chi connectivity index (χ4v) is 4.21. The number of nitrogens with zero attached hydrogens (tertiary/aromatic N) is 4. The van der Waals surface area contributed by atoms with E-state index in [1.807, 2.05) is 25.1 Å². The van der Waals surface area contributed by atoms with Gasteiger partial charge < -0.3 is 15.1 Å². The molecule has 0 spiro atoms. The topological polar surface area (TPSA) is 44.3 Å². The maximum absolute atomic E-state index is 14.7. The Kier molecular flexibility index (Phi) is 5.72. The number of likely N-dealkylation sites (N-methyl/N-ethyl adjacent to an activating group) is 1. The number of fused-ring (bicyclic) bond motifs is 1. The number of hydrogen-bond donors (Lipinski definition) is 1. The van der Waals surface area contributed by atoms with Crippen LogP contribution in [-0.4, -0.2) is 47.8 Å². The molecular weight excluding hydrogens is 434 g/mol. The molecule has 0 unspecified atom stereocenters. The van der Waals surface area contributed by atoms with Gasteiger partial charge in [-0.3, -0.25) is 0 Å². The van der Waals surface area contributed by atoms with Crippen LogP contribution < -0.4 is 10.2 Å². The molecular formula is C24H27F4N5. The van der Waals surface area contributed by atoms with Crippen molar-refractivity contribution in [1.82, 2.24) is 15.1 Å². The molecule has 176 valence electrons. The van der Waals surface area contributed by atoms with E-state index in [0.717, 1.165) is 41.3 Å². The van der Waals surface area contributed by atoms with E-state index in [9.17, 15) is 17.6 Å². The van der Waals surface area contributed by atoms with Crippen LogP contribution in [0.4, 0.5) is 29.1 Å². The van der Waals surface area contributed by atoms with Gasteiger partial charge in [-0.25, -0.2) is 4.39 Å². The largest absolute Gasteiger partial charge is 0.419 e. The van der Waals surface area contributed by atoms with Crippen molar-refractivity contribution in [3.05, 3.63) is 59.0 Å². The molecule has 1 aromatic heterocycles. The minimum Gasteiger partial charge on any atom is -0.368 e. The summed E-state index contributed by atoms with van der Waals surface area (Å²) in [6, 6.07) is 8.56. The molecule has 0 amide bonds. The van der Waals surface area contributed by atoms with Gasteiger partial charge >= 0.3 is 6.18 Å². The third-order valence-corrected chi connectivity index (χ3v) is 6.61. The number of benzene rings is 2. The minimum atomic E-state index is -4.76. The van der Waals surface area contributed by atoms with E-state index >= 15 is 0 Å². The van der Waals surface area contributed by atoms with Crippen molar-refractivity contribution in [2.75, 3.05) is 37.4 Å². The molecule has 1 N–H and O–H groups in total. The third-order valence-electron chi connectivity index (χ3n) is 6.61. The number of hydrogen-bond acceptors (Lipinski definition) is 5. The number of alkyl halides is 3. The van der Waals surface area contributed by atoms with E-state index < -0.39 is 23.6 Å². The second-order valence-electron chi connectivity index (χ2n) is 9.18. The van der Waals surface area contributed by atoms with Crippen molar-refractivity contribution in [1.29, 1.82) is 0 Å². The number of rotatable bonds is 5. The van der Waals surface area contributed by atoms with E-state index in [1.54, 1.807) is 6.92 Å². The van der Waals surface area contributed by atoms with Gasteiger partial charge in [-0.05, 0) is 53.1 Å². The van der Waals surface area contributed by atoms with Crippen LogP contribution in [0, 0.1) is 12.7 Å². The maximum Gasteiger partial charge on any atom is 0.419 e. The van der Waals surface area contributed by atoms with E-state index in [4.69, 9.17) is 0 Å². The van der Waals surface area contributed by atoms with Crippen LogP contribution in [0.2, 0.25) is 0 Å². The van der Waals surface area contributed by atoms with Crippen LogP contribution in [0.15, 0.2) is 36.4 Å². The highest BCUT2D eigenvalue weighted by Gasteiger charge is 2.40. The lowest BCUT2D eigenvalue weighted by molar-refractivity contribution is -0.140. The van der Waals surface area contributed by atoms with E-state index in [1.165, 1.54) is 12.1 Å². The molecule has 9 heteroatoms. The van der Waals surface area contributed by atoms with Crippen molar-refractivity contribution in [3.63, 3.8) is 0 Å². The number of halogens is 4. The summed E-state index contributed by atoms with van der Waals surface area (Å²) in [7, 11) is 4.13. The Morgan fingerprint density at radius 2 is 1.79 bits per heavy atom. The normalized spacial score (nSPS) is 16.7. The van der Waals surface area contributed by atoms with Gasteiger partial charge in [0.15, 0.2) is 5.82 Å². The molecule has 3 aromatic rings. The molecule has 0 radical (unpaired) electrons. The van der Waals surface area contributed by atoms with Gasteiger partial charge in [-0.1, -0.05) is 18.2 Å². The first kappa shape index (κ1) is 23.2. The molecule has 2 aromatic carbocycles. The summed E-state index contributed by atoms with van der Waals surface area (Å²) in [5, 5.41) is 13.2. The highest BCUT2D eigenvalue weighted by Crippen LogP contribution is 2.37. The van der Waals surface area contributed by atoms with Crippen molar-refractivity contribution in [2.24, 2.45) is 0 Å². The molecule has 1 fully saturated rings. The molecule has 1 aliphatic rings. The third kappa shape index (κ3) is 4.21. The summed E-state index contributed by atoms with van der Waals surface area (Å²) in [6.07, 6.45) is -4.76. The fraction of sp³-hybridized carbons (Fsp3) is 0.417. The Morgan fingerprint density at radius 3 is 2.42 bits per heavy atom. The lowest BCUT2D eigenvalue weighted by Crippen LogP contribution is -2.67. The molecule has 4 rings (SSSR count). The van der Waals surface area contributed by atoms with E-state index in [0.29, 0.717) is 5.82 Å². The highest BCUT2D eigenvalue weighted by atomic mass is 19.4. The van der Waals surface area contributed by atoms with Crippen molar-refractivity contribution in [2.45, 2.75) is 38.5 Å². The smallest absolute Gasteiger partial charge is 0.368 e. The maximum atomic E-state index is 14.7. The van der Waals surface area contributed by atoms with Gasteiger partial charge in [0, 0.05) is 35.1 Å². The Hall–Kier alpha value is -2.94. The number of anilines is 2. The summed E-state index contributed by atoms with van der Waals surface area (Å²) < 4.78 is 54.1. The summed E-state index contributed by atoms with van der Waals surface area (Å²) in [5.41, 5.74) is 0.494. The van der Waals surface area contributed by atoms with E-state index in [-0.39, 0.29) is 11.1 Å². The van der Waals surface area contributed by atoms with Gasteiger partial charge in [-0.2, -0.15) is 18.3 Å². The number of aromatic nitrogens is 2. The van der Waals surface area contributed by atoms with Crippen molar-refractivity contribution < 1.29 is 17.6 Å². The summed E-state index contributed by atoms with van der Waals surface area (Å²) in [6.45, 7) is 7.41. The van der Waals surface area contributed by atoms with Gasteiger partial charge in [0.05, 0.1) is 22.8 Å². The zero-order valence-electron chi connectivity index (χ0n) is 19.3. The fourth-order valence-electron chi connectivity index (χ4n) is 4.21. The van der Waals surface area contributed by atoms with Crippen LogP contribution in [0.3, 0.4) is 0 Å². The molecule has 0 bridgehead atoms. The molecule has 0 aliphatic carbocycles. The molecule has 1 aliphatic heterocycles. The Balaban J connectivity index is 1.67. The standard InChI is InChI=1S/C24H27F4N5/c1-14(18-7-6-8-20(21(18)25)24(26,27)28)29-22-19-11-16(9-10-17(19)15(2)30-31-22)33-12-23(3,13-33)32(4)5/h6-11,14H,12-13H2,1-5H3,(H,29,31)/t14-/m1/s1. The average Bonchev–Trinajstić information content (AvgIpc) is 2.72. The number of aryl methyl sites for hydroxylation is 1. The first-order chi connectivity index (χ1) is 15.4. The number of nitrogens with one attached hydrogen (secondary N) is 1. The van der Waals surface area contributed by atoms with Crippen molar-refractivity contribution >= 4 is 22.3 Å². The Morgan fingerprint density at radius 1 is 1.09 bits per heavy atom. The molecule has 1 saturated heterocycles. The SMILES string of the molecule is Cc1nnc(N[C@H](C)c2cccc(C(F)(F)F)c2F)c2cc(N3CC(C)(N(C)C)C3)ccc12. The lowest BCUT2D eigenvalue weighted by Gasteiger charge is -2.53. The molecule has 0 saturated carbocycles. The Bertz CT molecular complexity index is 1190. The minimum absolute atomic E-state index is 0.0824. The molecule has 2 heterocycles. The van der Waals surface area contributed by atoms with Crippen LogP contribution in [0.1, 0.15) is 36.7 Å². The summed E-state index contributed by atoms with van der Waals surface area (Å²) >= 11 is 0. The second-order valence-corrected chi connectivity index (χ2v) is 9.18. The first-order valence-electron chi connectivity index (χ1n) is 10.7. The van der Waals surface area contributed by atoms with Crippen molar-refractivity contribution in [3.8, 4) is 0 Å². The Labute approximate surface area is 190 Å². The van der Waals surface area contributed by atoms with Crippen LogP contribution in [0.5, 0.6) is 0 Å². The van der Waals surface area contributed by atoms with Gasteiger partial charge in [0.1, 0.15) is 5.82 Å². The van der Waals surface area contributed by atoms with Gasteiger partial charge in [0.2, 0.25) is 0 Å². The zero-order chi connectivity index (χ0) is 24.1.